The molecule has 3 rings (SSSR count). The highest BCUT2D eigenvalue weighted by molar-refractivity contribution is 5.95. The third kappa shape index (κ3) is 3.67. The Labute approximate surface area is 136 Å². The van der Waals surface area contributed by atoms with Gasteiger partial charge in [0.1, 0.15) is 0 Å². The van der Waals surface area contributed by atoms with Crippen molar-refractivity contribution < 1.29 is 4.79 Å². The summed E-state index contributed by atoms with van der Waals surface area (Å²) in [7, 11) is 0. The van der Waals surface area contributed by atoms with Crippen LogP contribution in [0, 0.1) is 13.8 Å². The summed E-state index contributed by atoms with van der Waals surface area (Å²) in [6, 6.07) is 9.52. The number of benzene rings is 1. The zero-order valence-electron chi connectivity index (χ0n) is 13.7. The van der Waals surface area contributed by atoms with Gasteiger partial charge in [-0.05, 0) is 44.4 Å². The molecule has 1 amide bonds. The van der Waals surface area contributed by atoms with Gasteiger partial charge in [0.25, 0.3) is 5.91 Å². The molecule has 1 fully saturated rings. The molecular weight excluding hydrogens is 288 g/mol. The van der Waals surface area contributed by atoms with E-state index in [1.54, 1.807) is 0 Å². The molecule has 1 aromatic carbocycles. The molecular formula is C18H22N4O. The molecule has 1 aliphatic heterocycles. The molecule has 5 nitrogen and oxygen atoms in total. The molecule has 1 aromatic heterocycles. The molecule has 1 saturated heterocycles. The lowest BCUT2D eigenvalue weighted by Gasteiger charge is -2.16. The number of aryl methyl sites for hydroxylation is 2. The molecule has 0 aliphatic carbocycles. The van der Waals surface area contributed by atoms with Crippen LogP contribution in [0.3, 0.4) is 0 Å². The first-order valence-electron chi connectivity index (χ1n) is 8.07. The van der Waals surface area contributed by atoms with E-state index in [1.807, 2.05) is 44.2 Å². The third-order valence-electron chi connectivity index (χ3n) is 4.10. The standard InChI is InChI=1S/C18H22N4O/c1-13-7-3-4-8-16(13)17(23)19-12-15-11-14(2)20-18(21-15)22-9-5-6-10-22/h3-4,7-8,11H,5-6,9-10,12H2,1-2H3,(H,19,23). The van der Waals surface area contributed by atoms with Gasteiger partial charge in [0.15, 0.2) is 0 Å². The normalized spacial score (nSPS) is 14.1. The van der Waals surface area contributed by atoms with Crippen LogP contribution in [-0.4, -0.2) is 29.0 Å². The minimum absolute atomic E-state index is 0.0675. The van der Waals surface area contributed by atoms with E-state index in [2.05, 4.69) is 20.2 Å². The van der Waals surface area contributed by atoms with Gasteiger partial charge in [-0.25, -0.2) is 9.97 Å². The van der Waals surface area contributed by atoms with Crippen LogP contribution in [0.5, 0.6) is 0 Å². The van der Waals surface area contributed by atoms with E-state index in [1.165, 1.54) is 12.8 Å². The topological polar surface area (TPSA) is 58.1 Å². The third-order valence-corrected chi connectivity index (χ3v) is 4.10. The molecule has 120 valence electrons. The number of hydrogen-bond acceptors (Lipinski definition) is 4. The highest BCUT2D eigenvalue weighted by Crippen LogP contribution is 2.16. The monoisotopic (exact) mass is 310 g/mol. The lowest BCUT2D eigenvalue weighted by molar-refractivity contribution is 0.0950. The largest absolute Gasteiger partial charge is 0.346 e. The van der Waals surface area contributed by atoms with Crippen molar-refractivity contribution in [2.45, 2.75) is 33.2 Å². The quantitative estimate of drug-likeness (QED) is 0.943. The Morgan fingerprint density at radius 1 is 1.17 bits per heavy atom. The van der Waals surface area contributed by atoms with Crippen LogP contribution in [0.15, 0.2) is 30.3 Å². The Hall–Kier alpha value is -2.43. The second kappa shape index (κ2) is 6.77. The van der Waals surface area contributed by atoms with Crippen LogP contribution < -0.4 is 10.2 Å². The van der Waals surface area contributed by atoms with Gasteiger partial charge < -0.3 is 10.2 Å². The van der Waals surface area contributed by atoms with Gasteiger partial charge in [-0.3, -0.25) is 4.79 Å². The SMILES string of the molecule is Cc1cc(CNC(=O)c2ccccc2C)nc(N2CCCC2)n1. The maximum Gasteiger partial charge on any atom is 0.251 e. The molecule has 0 bridgehead atoms. The fourth-order valence-corrected chi connectivity index (χ4v) is 2.86. The Morgan fingerprint density at radius 3 is 2.65 bits per heavy atom. The Morgan fingerprint density at radius 2 is 1.91 bits per heavy atom. The average Bonchev–Trinajstić information content (AvgIpc) is 3.07. The smallest absolute Gasteiger partial charge is 0.251 e. The number of carbonyl (C=O) groups excluding carboxylic acids is 1. The van der Waals surface area contributed by atoms with E-state index in [0.717, 1.165) is 36.0 Å². The van der Waals surface area contributed by atoms with Crippen LogP contribution in [-0.2, 0) is 6.54 Å². The predicted octanol–water partition coefficient (Wildman–Crippen LogP) is 2.62. The first-order chi connectivity index (χ1) is 11.1. The van der Waals surface area contributed by atoms with Crippen molar-refractivity contribution in [2.75, 3.05) is 18.0 Å². The molecule has 1 N–H and O–H groups in total. The van der Waals surface area contributed by atoms with E-state index < -0.39 is 0 Å². The van der Waals surface area contributed by atoms with E-state index >= 15 is 0 Å². The van der Waals surface area contributed by atoms with Crippen molar-refractivity contribution in [1.29, 1.82) is 0 Å². The Balaban J connectivity index is 1.70. The number of carbonyl (C=O) groups is 1. The van der Waals surface area contributed by atoms with Gasteiger partial charge >= 0.3 is 0 Å². The average molecular weight is 310 g/mol. The number of rotatable bonds is 4. The van der Waals surface area contributed by atoms with Gasteiger partial charge in [-0.2, -0.15) is 0 Å². The summed E-state index contributed by atoms with van der Waals surface area (Å²) in [5.41, 5.74) is 3.46. The maximum absolute atomic E-state index is 12.3. The fourth-order valence-electron chi connectivity index (χ4n) is 2.86. The summed E-state index contributed by atoms with van der Waals surface area (Å²) in [5.74, 6) is 0.713. The maximum atomic E-state index is 12.3. The van der Waals surface area contributed by atoms with Gasteiger partial charge in [-0.15, -0.1) is 0 Å². The lowest BCUT2D eigenvalue weighted by atomic mass is 10.1. The van der Waals surface area contributed by atoms with Crippen molar-refractivity contribution in [1.82, 2.24) is 15.3 Å². The van der Waals surface area contributed by atoms with Crippen LogP contribution in [0.2, 0.25) is 0 Å². The van der Waals surface area contributed by atoms with Crippen molar-refractivity contribution in [2.24, 2.45) is 0 Å². The first kappa shape index (κ1) is 15.5. The lowest BCUT2D eigenvalue weighted by Crippen LogP contribution is -2.26. The summed E-state index contributed by atoms with van der Waals surface area (Å²) >= 11 is 0. The van der Waals surface area contributed by atoms with E-state index in [-0.39, 0.29) is 5.91 Å². The number of nitrogens with one attached hydrogen (secondary N) is 1. The molecule has 2 heterocycles. The van der Waals surface area contributed by atoms with Crippen LogP contribution in [0.1, 0.15) is 40.2 Å². The van der Waals surface area contributed by atoms with Crippen LogP contribution in [0.25, 0.3) is 0 Å². The summed E-state index contributed by atoms with van der Waals surface area (Å²) in [6.07, 6.45) is 2.38. The van der Waals surface area contributed by atoms with Crippen molar-refractivity contribution in [3.63, 3.8) is 0 Å². The molecule has 23 heavy (non-hydrogen) atoms. The molecule has 1 aliphatic rings. The Kier molecular flexibility index (Phi) is 4.55. The summed E-state index contributed by atoms with van der Waals surface area (Å²) < 4.78 is 0. The van der Waals surface area contributed by atoms with Gasteiger partial charge in [0.2, 0.25) is 5.95 Å². The molecule has 0 atom stereocenters. The number of amides is 1. The van der Waals surface area contributed by atoms with Crippen molar-refractivity contribution in [3.8, 4) is 0 Å². The minimum Gasteiger partial charge on any atom is -0.346 e. The number of aromatic nitrogens is 2. The summed E-state index contributed by atoms with van der Waals surface area (Å²) in [6.45, 7) is 6.34. The predicted molar refractivity (Wildman–Crippen MR) is 90.6 cm³/mol. The van der Waals surface area contributed by atoms with Crippen LogP contribution >= 0.6 is 0 Å². The van der Waals surface area contributed by atoms with Gasteiger partial charge in [-0.1, -0.05) is 18.2 Å². The summed E-state index contributed by atoms with van der Waals surface area (Å²) in [4.78, 5) is 23.6. The second-order valence-electron chi connectivity index (χ2n) is 5.99. The number of anilines is 1. The van der Waals surface area contributed by atoms with Crippen molar-refractivity contribution >= 4 is 11.9 Å². The zero-order valence-corrected chi connectivity index (χ0v) is 13.7. The van der Waals surface area contributed by atoms with Crippen LogP contribution in [0.4, 0.5) is 5.95 Å². The van der Waals surface area contributed by atoms with Gasteiger partial charge in [0.05, 0.1) is 12.2 Å². The number of hydrogen-bond donors (Lipinski definition) is 1. The Bertz CT molecular complexity index is 708. The van der Waals surface area contributed by atoms with E-state index in [9.17, 15) is 4.79 Å². The molecule has 0 spiro atoms. The second-order valence-corrected chi connectivity index (χ2v) is 5.99. The van der Waals surface area contributed by atoms with E-state index in [4.69, 9.17) is 0 Å². The molecule has 0 unspecified atom stereocenters. The van der Waals surface area contributed by atoms with Gasteiger partial charge in [0, 0.05) is 24.3 Å². The molecule has 2 aromatic rings. The minimum atomic E-state index is -0.0675. The highest BCUT2D eigenvalue weighted by Gasteiger charge is 2.16. The number of nitrogens with zero attached hydrogens (tertiary/aromatic N) is 3. The molecule has 0 saturated carbocycles. The highest BCUT2D eigenvalue weighted by atomic mass is 16.1. The zero-order chi connectivity index (χ0) is 16.2. The summed E-state index contributed by atoms with van der Waals surface area (Å²) in [5, 5.41) is 2.95. The molecule has 5 heteroatoms. The first-order valence-corrected chi connectivity index (χ1v) is 8.07. The fraction of sp³-hybridized carbons (Fsp3) is 0.389. The van der Waals surface area contributed by atoms with E-state index in [0.29, 0.717) is 12.1 Å². The molecule has 0 radical (unpaired) electrons. The van der Waals surface area contributed by atoms with Crippen molar-refractivity contribution in [3.05, 3.63) is 52.8 Å².